The fourth-order valence-corrected chi connectivity index (χ4v) is 0.929. The maximum atomic E-state index is 5.38. The molecule has 0 bridgehead atoms. The van der Waals surface area contributed by atoms with Crippen LogP contribution in [0.2, 0.25) is 0 Å². The lowest BCUT2D eigenvalue weighted by Crippen LogP contribution is -2.38. The predicted molar refractivity (Wildman–Crippen MR) is 63.8 cm³/mol. The number of hydrogen-bond donors (Lipinski definition) is 1. The van der Waals surface area contributed by atoms with Crippen molar-refractivity contribution in [2.24, 2.45) is 4.99 Å². The molecule has 0 aromatic rings. The molecule has 0 amide bonds. The Labute approximate surface area is 93.1 Å². The van der Waals surface area contributed by atoms with Crippen molar-refractivity contribution >= 4 is 6.21 Å². The first-order chi connectivity index (χ1) is 7.06. The van der Waals surface area contributed by atoms with E-state index in [9.17, 15) is 0 Å². The molecule has 0 aliphatic heterocycles. The molecule has 0 aliphatic carbocycles. The lowest BCUT2D eigenvalue weighted by Gasteiger charge is -2.20. The van der Waals surface area contributed by atoms with Gasteiger partial charge in [-0.05, 0) is 20.8 Å². The summed E-state index contributed by atoms with van der Waals surface area (Å²) in [4.78, 5) is 3.81. The van der Waals surface area contributed by atoms with E-state index in [0.29, 0.717) is 19.8 Å². The maximum Gasteiger partial charge on any atom is 0.0815 e. The summed E-state index contributed by atoms with van der Waals surface area (Å²) in [5.41, 5.74) is 0.164. The van der Waals surface area contributed by atoms with E-state index in [2.05, 4.69) is 31.1 Å². The summed E-state index contributed by atoms with van der Waals surface area (Å²) in [6.45, 7) is 9.86. The zero-order valence-corrected chi connectivity index (χ0v) is 10.4. The van der Waals surface area contributed by atoms with Gasteiger partial charge in [0.15, 0.2) is 0 Å². The van der Waals surface area contributed by atoms with Crippen LogP contribution in [0.25, 0.3) is 0 Å². The topological polar surface area (TPSA) is 42.9 Å². The highest BCUT2D eigenvalue weighted by Gasteiger charge is 2.06. The number of aliphatic imine (C=N–C) groups is 1. The quantitative estimate of drug-likeness (QED) is 0.488. The Bertz CT molecular complexity index is 164. The number of nitrogens with one attached hydrogen (secondary N) is 1. The number of ether oxygens (including phenoxy) is 2. The molecule has 0 aliphatic rings. The van der Waals surface area contributed by atoms with Crippen LogP contribution in [0.5, 0.6) is 0 Å². The van der Waals surface area contributed by atoms with Gasteiger partial charge in [-0.1, -0.05) is 0 Å². The molecule has 0 aromatic heterocycles. The van der Waals surface area contributed by atoms with Crippen LogP contribution >= 0.6 is 0 Å². The molecule has 0 saturated heterocycles. The zero-order chi connectivity index (χ0) is 11.6. The fraction of sp³-hybridized carbons (Fsp3) is 0.909. The minimum absolute atomic E-state index is 0.164. The van der Waals surface area contributed by atoms with E-state index >= 15 is 0 Å². The summed E-state index contributed by atoms with van der Waals surface area (Å²) in [6, 6.07) is 0. The van der Waals surface area contributed by atoms with E-state index < -0.39 is 0 Å². The van der Waals surface area contributed by atoms with Crippen LogP contribution in [-0.2, 0) is 9.47 Å². The van der Waals surface area contributed by atoms with Gasteiger partial charge in [0, 0.05) is 25.3 Å². The Kier molecular flexibility index (Phi) is 8.56. The normalized spacial score (nSPS) is 12.5. The van der Waals surface area contributed by atoms with Gasteiger partial charge in [0.25, 0.3) is 0 Å². The Morgan fingerprint density at radius 1 is 1.13 bits per heavy atom. The van der Waals surface area contributed by atoms with E-state index in [0.717, 1.165) is 13.2 Å². The van der Waals surface area contributed by atoms with E-state index in [4.69, 9.17) is 9.47 Å². The van der Waals surface area contributed by atoms with Crippen LogP contribution in [0.4, 0.5) is 0 Å². The molecule has 0 atom stereocenters. The number of hydrogen-bond acceptors (Lipinski definition) is 4. The highest BCUT2D eigenvalue weighted by atomic mass is 16.5. The Morgan fingerprint density at radius 3 is 2.40 bits per heavy atom. The minimum atomic E-state index is 0.164. The fourth-order valence-electron chi connectivity index (χ4n) is 0.929. The first-order valence-electron chi connectivity index (χ1n) is 5.37. The number of nitrogens with zero attached hydrogens (tertiary/aromatic N) is 1. The van der Waals surface area contributed by atoms with Crippen LogP contribution in [0, 0.1) is 0 Å². The van der Waals surface area contributed by atoms with Gasteiger partial charge >= 0.3 is 0 Å². The van der Waals surface area contributed by atoms with E-state index in [1.165, 1.54) is 0 Å². The third kappa shape index (κ3) is 13.6. The first-order valence-corrected chi connectivity index (χ1v) is 5.37. The molecule has 0 rings (SSSR count). The summed E-state index contributed by atoms with van der Waals surface area (Å²) < 4.78 is 10.6. The van der Waals surface area contributed by atoms with Crippen molar-refractivity contribution in [1.82, 2.24) is 5.32 Å². The molecule has 4 nitrogen and oxygen atoms in total. The third-order valence-electron chi connectivity index (χ3n) is 1.65. The van der Waals surface area contributed by atoms with E-state index in [1.807, 2.05) is 0 Å². The third-order valence-corrected chi connectivity index (χ3v) is 1.65. The summed E-state index contributed by atoms with van der Waals surface area (Å²) in [5.74, 6) is 0. The Hall–Kier alpha value is -0.450. The van der Waals surface area contributed by atoms with Crippen molar-refractivity contribution in [3.05, 3.63) is 0 Å². The molecule has 90 valence electrons. The van der Waals surface area contributed by atoms with Crippen LogP contribution in [0.15, 0.2) is 4.99 Å². The van der Waals surface area contributed by atoms with Gasteiger partial charge in [0.1, 0.15) is 0 Å². The molecule has 0 spiro atoms. The van der Waals surface area contributed by atoms with Crippen molar-refractivity contribution < 1.29 is 9.47 Å². The van der Waals surface area contributed by atoms with Crippen molar-refractivity contribution in [2.75, 3.05) is 40.0 Å². The molecule has 0 fully saturated rings. The lowest BCUT2D eigenvalue weighted by molar-refractivity contribution is 0.0620. The standard InChI is InChI=1S/C11H24N2O2/c1-11(2,3)13-6-8-15-10-9-14-7-5-12-4/h5,13H,6-10H2,1-4H3. The van der Waals surface area contributed by atoms with Crippen LogP contribution in [-0.4, -0.2) is 51.8 Å². The highest BCUT2D eigenvalue weighted by molar-refractivity contribution is 5.58. The number of rotatable bonds is 8. The monoisotopic (exact) mass is 216 g/mol. The maximum absolute atomic E-state index is 5.38. The van der Waals surface area contributed by atoms with Gasteiger partial charge in [-0.3, -0.25) is 4.99 Å². The molecule has 0 heterocycles. The molecule has 0 aromatic carbocycles. The van der Waals surface area contributed by atoms with Gasteiger partial charge in [-0.2, -0.15) is 0 Å². The smallest absolute Gasteiger partial charge is 0.0815 e. The second-order valence-electron chi connectivity index (χ2n) is 4.30. The van der Waals surface area contributed by atoms with Crippen molar-refractivity contribution in [2.45, 2.75) is 26.3 Å². The average Bonchev–Trinajstić information content (AvgIpc) is 2.14. The van der Waals surface area contributed by atoms with Gasteiger partial charge in [-0.15, -0.1) is 0 Å². The van der Waals surface area contributed by atoms with Crippen LogP contribution < -0.4 is 5.32 Å². The van der Waals surface area contributed by atoms with Crippen LogP contribution in [0.3, 0.4) is 0 Å². The summed E-state index contributed by atoms with van der Waals surface area (Å²) in [7, 11) is 1.73. The molecule has 1 N–H and O–H groups in total. The second-order valence-corrected chi connectivity index (χ2v) is 4.30. The SMILES string of the molecule is CN=CCOCCOCCNC(C)(C)C. The van der Waals surface area contributed by atoms with Gasteiger partial charge in [-0.25, -0.2) is 0 Å². The highest BCUT2D eigenvalue weighted by Crippen LogP contribution is 1.96. The first kappa shape index (κ1) is 14.6. The van der Waals surface area contributed by atoms with Crippen molar-refractivity contribution in [3.8, 4) is 0 Å². The minimum Gasteiger partial charge on any atom is -0.378 e. The average molecular weight is 216 g/mol. The van der Waals surface area contributed by atoms with Crippen molar-refractivity contribution in [1.29, 1.82) is 0 Å². The summed E-state index contributed by atoms with van der Waals surface area (Å²) >= 11 is 0. The van der Waals surface area contributed by atoms with Gasteiger partial charge in [0.05, 0.1) is 26.4 Å². The zero-order valence-electron chi connectivity index (χ0n) is 10.4. The lowest BCUT2D eigenvalue weighted by atomic mass is 10.1. The Balaban J connectivity index is 3.05. The molecule has 15 heavy (non-hydrogen) atoms. The van der Waals surface area contributed by atoms with Gasteiger partial charge in [0.2, 0.25) is 0 Å². The van der Waals surface area contributed by atoms with E-state index in [-0.39, 0.29) is 5.54 Å². The predicted octanol–water partition coefficient (Wildman–Crippen LogP) is 1.11. The molecular formula is C11H24N2O2. The molecule has 0 radical (unpaired) electrons. The van der Waals surface area contributed by atoms with E-state index in [1.54, 1.807) is 13.3 Å². The van der Waals surface area contributed by atoms with Crippen LogP contribution in [0.1, 0.15) is 20.8 Å². The molecule has 4 heteroatoms. The molecule has 0 unspecified atom stereocenters. The summed E-state index contributed by atoms with van der Waals surface area (Å²) in [6.07, 6.45) is 1.74. The molecular weight excluding hydrogens is 192 g/mol. The second kappa shape index (κ2) is 8.83. The molecule has 0 saturated carbocycles. The largest absolute Gasteiger partial charge is 0.378 e. The Morgan fingerprint density at radius 2 is 1.80 bits per heavy atom. The summed E-state index contributed by atoms with van der Waals surface area (Å²) in [5, 5.41) is 3.35. The van der Waals surface area contributed by atoms with Gasteiger partial charge < -0.3 is 14.8 Å². The van der Waals surface area contributed by atoms with Crippen molar-refractivity contribution in [3.63, 3.8) is 0 Å².